The molecule has 0 aliphatic heterocycles. The number of fused-ring (bicyclic) bond motifs is 1. The fourth-order valence-electron chi connectivity index (χ4n) is 4.29. The maximum atomic E-state index is 12.8. The monoisotopic (exact) mass is 523 g/mol. The minimum atomic E-state index is -4.27. The third-order valence-electron chi connectivity index (χ3n) is 6.47. The molecule has 0 radical (unpaired) electrons. The topological polar surface area (TPSA) is 80.5 Å². The lowest BCUT2D eigenvalue weighted by Crippen LogP contribution is -2.26. The molecule has 198 valence electrons. The molecule has 1 aliphatic rings. The van der Waals surface area contributed by atoms with E-state index in [4.69, 9.17) is 9.84 Å². The maximum Gasteiger partial charge on any atom is 0.390 e. The van der Waals surface area contributed by atoms with Crippen molar-refractivity contribution in [3.63, 3.8) is 0 Å². The van der Waals surface area contributed by atoms with Crippen molar-refractivity contribution in [2.45, 2.75) is 44.8 Å². The summed E-state index contributed by atoms with van der Waals surface area (Å²) < 4.78 is 45.3. The molecule has 38 heavy (non-hydrogen) atoms. The predicted molar refractivity (Wildman–Crippen MR) is 139 cm³/mol. The number of nitrogens with zero attached hydrogens (tertiary/aromatic N) is 3. The van der Waals surface area contributed by atoms with E-state index in [1.165, 1.54) is 0 Å². The van der Waals surface area contributed by atoms with Gasteiger partial charge in [-0.1, -0.05) is 18.2 Å². The van der Waals surface area contributed by atoms with Gasteiger partial charge in [0, 0.05) is 30.1 Å². The van der Waals surface area contributed by atoms with Gasteiger partial charge in [-0.2, -0.15) is 18.3 Å². The Hall–Kier alpha value is -4.08. The number of anilines is 1. The zero-order valence-corrected chi connectivity index (χ0v) is 21.1. The van der Waals surface area contributed by atoms with Gasteiger partial charge in [-0.25, -0.2) is 9.50 Å². The number of aryl methyl sites for hydroxylation is 1. The molecule has 1 fully saturated rings. The summed E-state index contributed by atoms with van der Waals surface area (Å²) in [6.45, 7) is 1.60. The molecule has 2 aromatic carbocycles. The van der Waals surface area contributed by atoms with Crippen LogP contribution in [0.5, 0.6) is 5.75 Å². The van der Waals surface area contributed by atoms with Gasteiger partial charge in [0.15, 0.2) is 5.65 Å². The Morgan fingerprint density at radius 2 is 1.89 bits per heavy atom. The molecule has 2 N–H and O–H groups in total. The molecule has 0 bridgehead atoms. The number of rotatable bonds is 9. The lowest BCUT2D eigenvalue weighted by Gasteiger charge is -2.13. The molecular weight excluding hydrogens is 495 g/mol. The van der Waals surface area contributed by atoms with Crippen LogP contribution in [0.1, 0.15) is 46.4 Å². The number of carbonyl (C=O) groups excluding carboxylic acids is 1. The third kappa shape index (κ3) is 5.90. The standard InChI is InChI=1S/C28H28F3N5O2/c1-17-13-19(5-10-23(17)27(37)34-20-6-7-20)25-16-33-26-24(32-12-11-28(29,30)31)15-21(35-36(25)26)14-18-3-8-22(38-2)9-4-18/h3-5,8-10,13,15-16,20,32H,6-7,11-12,14H2,1-2H3,(H,34,37). The molecule has 0 spiro atoms. The first kappa shape index (κ1) is 25.6. The van der Waals surface area contributed by atoms with E-state index in [1.54, 1.807) is 30.0 Å². The second kappa shape index (κ2) is 10.4. The van der Waals surface area contributed by atoms with E-state index in [0.717, 1.165) is 35.3 Å². The largest absolute Gasteiger partial charge is 0.497 e. The number of imidazole rings is 1. The van der Waals surface area contributed by atoms with Crippen LogP contribution in [0.25, 0.3) is 16.9 Å². The SMILES string of the molecule is COc1ccc(Cc2cc(NCCC(F)(F)F)c3ncc(-c4ccc(C(=O)NC5CC5)c(C)c4)n3n2)cc1. The van der Waals surface area contributed by atoms with Gasteiger partial charge in [0.05, 0.1) is 36.8 Å². The number of methoxy groups -OCH3 is 1. The van der Waals surface area contributed by atoms with Crippen molar-refractivity contribution < 1.29 is 22.7 Å². The Labute approximate surface area is 218 Å². The first-order valence-electron chi connectivity index (χ1n) is 12.4. The molecule has 1 saturated carbocycles. The highest BCUT2D eigenvalue weighted by Crippen LogP contribution is 2.28. The van der Waals surface area contributed by atoms with Crippen molar-refractivity contribution in [3.8, 4) is 17.0 Å². The highest BCUT2D eigenvalue weighted by atomic mass is 19.4. The minimum absolute atomic E-state index is 0.0919. The van der Waals surface area contributed by atoms with E-state index < -0.39 is 12.6 Å². The Bertz CT molecular complexity index is 1460. The van der Waals surface area contributed by atoms with Gasteiger partial charge in [0.1, 0.15) is 5.75 Å². The van der Waals surface area contributed by atoms with E-state index in [1.807, 2.05) is 43.3 Å². The number of halogens is 3. The second-order valence-corrected chi connectivity index (χ2v) is 9.52. The molecule has 5 rings (SSSR count). The van der Waals surface area contributed by atoms with E-state index in [9.17, 15) is 18.0 Å². The van der Waals surface area contributed by atoms with Gasteiger partial charge in [-0.15, -0.1) is 0 Å². The average Bonchev–Trinajstić information content (AvgIpc) is 3.58. The van der Waals surface area contributed by atoms with Crippen LogP contribution in [0, 0.1) is 6.92 Å². The van der Waals surface area contributed by atoms with Crippen molar-refractivity contribution in [3.05, 3.63) is 77.1 Å². The molecule has 7 nitrogen and oxygen atoms in total. The Balaban J connectivity index is 1.49. The molecule has 1 aliphatic carbocycles. The lowest BCUT2D eigenvalue weighted by molar-refractivity contribution is -0.131. The predicted octanol–water partition coefficient (Wildman–Crippen LogP) is 5.56. The fourth-order valence-corrected chi connectivity index (χ4v) is 4.29. The maximum absolute atomic E-state index is 12.8. The van der Waals surface area contributed by atoms with Crippen molar-refractivity contribution >= 4 is 17.2 Å². The van der Waals surface area contributed by atoms with Crippen LogP contribution in [0.2, 0.25) is 0 Å². The number of ether oxygens (including phenoxy) is 1. The molecular formula is C28H28F3N5O2. The van der Waals surface area contributed by atoms with Crippen LogP contribution < -0.4 is 15.4 Å². The number of benzene rings is 2. The molecule has 2 heterocycles. The van der Waals surface area contributed by atoms with Gasteiger partial charge in [0.25, 0.3) is 5.91 Å². The first-order valence-corrected chi connectivity index (χ1v) is 12.4. The number of aromatic nitrogens is 3. The second-order valence-electron chi connectivity index (χ2n) is 9.52. The lowest BCUT2D eigenvalue weighted by atomic mass is 10.0. The highest BCUT2D eigenvalue weighted by molar-refractivity contribution is 5.96. The van der Waals surface area contributed by atoms with Crippen molar-refractivity contribution in [1.29, 1.82) is 0 Å². The van der Waals surface area contributed by atoms with Crippen LogP contribution in [-0.2, 0) is 6.42 Å². The summed E-state index contributed by atoms with van der Waals surface area (Å²) in [5.74, 6) is 0.638. The molecule has 0 atom stereocenters. The Kier molecular flexibility index (Phi) is 6.96. The normalized spacial score (nSPS) is 13.5. The number of nitrogens with one attached hydrogen (secondary N) is 2. The fraction of sp³-hybridized carbons (Fsp3) is 0.321. The van der Waals surface area contributed by atoms with Gasteiger partial charge >= 0.3 is 6.18 Å². The summed E-state index contributed by atoms with van der Waals surface area (Å²) in [7, 11) is 1.59. The summed E-state index contributed by atoms with van der Waals surface area (Å²) in [6.07, 6.45) is -1.11. The van der Waals surface area contributed by atoms with E-state index in [0.29, 0.717) is 34.7 Å². The molecule has 0 unspecified atom stereocenters. The quantitative estimate of drug-likeness (QED) is 0.300. The summed E-state index contributed by atoms with van der Waals surface area (Å²) in [5, 5.41) is 10.7. The summed E-state index contributed by atoms with van der Waals surface area (Å²) in [5.41, 5.74) is 5.42. The molecule has 4 aromatic rings. The number of hydrogen-bond donors (Lipinski definition) is 2. The van der Waals surface area contributed by atoms with E-state index >= 15 is 0 Å². The van der Waals surface area contributed by atoms with Crippen LogP contribution >= 0.6 is 0 Å². The summed E-state index contributed by atoms with van der Waals surface area (Å²) >= 11 is 0. The van der Waals surface area contributed by atoms with Crippen molar-refractivity contribution in [2.75, 3.05) is 19.0 Å². The van der Waals surface area contributed by atoms with Gasteiger partial charge in [-0.05, 0) is 61.2 Å². The van der Waals surface area contributed by atoms with Crippen LogP contribution in [-0.4, -0.2) is 46.4 Å². The number of amides is 1. The Morgan fingerprint density at radius 3 is 2.55 bits per heavy atom. The van der Waals surface area contributed by atoms with E-state index in [-0.39, 0.29) is 18.5 Å². The van der Waals surface area contributed by atoms with Crippen molar-refractivity contribution in [2.24, 2.45) is 0 Å². The zero-order chi connectivity index (χ0) is 26.9. The smallest absolute Gasteiger partial charge is 0.390 e. The van der Waals surface area contributed by atoms with Crippen LogP contribution in [0.15, 0.2) is 54.7 Å². The third-order valence-corrected chi connectivity index (χ3v) is 6.47. The first-order chi connectivity index (χ1) is 18.2. The molecule has 0 saturated heterocycles. The molecule has 1 amide bonds. The Morgan fingerprint density at radius 1 is 1.13 bits per heavy atom. The zero-order valence-electron chi connectivity index (χ0n) is 21.1. The minimum Gasteiger partial charge on any atom is -0.497 e. The number of alkyl halides is 3. The van der Waals surface area contributed by atoms with Gasteiger partial charge < -0.3 is 15.4 Å². The van der Waals surface area contributed by atoms with Crippen LogP contribution in [0.4, 0.5) is 18.9 Å². The highest BCUT2D eigenvalue weighted by Gasteiger charge is 2.27. The van der Waals surface area contributed by atoms with Gasteiger partial charge in [-0.3, -0.25) is 4.79 Å². The number of carbonyl (C=O) groups is 1. The molecule has 10 heteroatoms. The summed E-state index contributed by atoms with van der Waals surface area (Å²) in [6, 6.07) is 15.1. The molecule has 2 aromatic heterocycles. The summed E-state index contributed by atoms with van der Waals surface area (Å²) in [4.78, 5) is 17.0. The van der Waals surface area contributed by atoms with Crippen LogP contribution in [0.3, 0.4) is 0 Å². The van der Waals surface area contributed by atoms with Crippen molar-refractivity contribution in [1.82, 2.24) is 19.9 Å². The number of hydrogen-bond acceptors (Lipinski definition) is 5. The average molecular weight is 524 g/mol. The van der Waals surface area contributed by atoms with E-state index in [2.05, 4.69) is 15.6 Å². The van der Waals surface area contributed by atoms with Gasteiger partial charge in [0.2, 0.25) is 0 Å².